The Morgan fingerprint density at radius 1 is 0.950 bits per heavy atom. The molecule has 6 nitrogen and oxygen atoms in total. The molecular formula is C14H30N2O4. The van der Waals surface area contributed by atoms with Crippen molar-refractivity contribution >= 4 is 11.8 Å². The van der Waals surface area contributed by atoms with E-state index in [4.69, 9.17) is 21.7 Å². The first-order valence-electron chi connectivity index (χ1n) is 6.78. The Labute approximate surface area is 121 Å². The number of aliphatic hydroxyl groups excluding tert-OH is 2. The third-order valence-electron chi connectivity index (χ3n) is 3.07. The molecule has 0 saturated carbocycles. The molecule has 0 spiro atoms. The zero-order valence-electron chi connectivity index (χ0n) is 13.1. The van der Waals surface area contributed by atoms with E-state index in [0.29, 0.717) is 25.7 Å². The maximum absolute atomic E-state index is 10.7. The largest absolute Gasteiger partial charge is 0.396 e. The van der Waals surface area contributed by atoms with Crippen molar-refractivity contribution in [3.05, 3.63) is 0 Å². The number of rotatable bonds is 8. The number of hydrogen-bond acceptors (Lipinski definition) is 4. The Morgan fingerprint density at radius 3 is 1.75 bits per heavy atom. The second-order valence-electron chi connectivity index (χ2n) is 6.36. The van der Waals surface area contributed by atoms with Crippen LogP contribution in [-0.2, 0) is 9.59 Å². The van der Waals surface area contributed by atoms with Crippen LogP contribution in [0.2, 0.25) is 0 Å². The molecular weight excluding hydrogens is 260 g/mol. The number of carbonyl (C=O) groups is 2. The Bertz CT molecular complexity index is 302. The van der Waals surface area contributed by atoms with Gasteiger partial charge in [0.15, 0.2) is 0 Å². The lowest BCUT2D eigenvalue weighted by atomic mass is 9.86. The van der Waals surface area contributed by atoms with Gasteiger partial charge in [-0.3, -0.25) is 9.59 Å². The van der Waals surface area contributed by atoms with Gasteiger partial charge in [0, 0.05) is 25.0 Å². The number of aliphatic hydroxyl groups is 2. The smallest absolute Gasteiger partial charge is 0.223 e. The second-order valence-corrected chi connectivity index (χ2v) is 6.36. The quantitative estimate of drug-likeness (QED) is 0.520. The highest BCUT2D eigenvalue weighted by atomic mass is 16.3. The fraction of sp³-hybridized carbons (Fsp3) is 0.857. The van der Waals surface area contributed by atoms with Crippen LogP contribution in [0.3, 0.4) is 0 Å². The van der Waals surface area contributed by atoms with Crippen molar-refractivity contribution in [1.82, 2.24) is 0 Å². The molecule has 20 heavy (non-hydrogen) atoms. The van der Waals surface area contributed by atoms with Crippen molar-refractivity contribution in [3.63, 3.8) is 0 Å². The van der Waals surface area contributed by atoms with Crippen molar-refractivity contribution in [3.8, 4) is 0 Å². The van der Waals surface area contributed by atoms with E-state index >= 15 is 0 Å². The van der Waals surface area contributed by atoms with Gasteiger partial charge < -0.3 is 21.7 Å². The monoisotopic (exact) mass is 290 g/mol. The van der Waals surface area contributed by atoms with Gasteiger partial charge in [-0.2, -0.15) is 0 Å². The lowest BCUT2D eigenvalue weighted by molar-refractivity contribution is -0.126. The SMILES string of the molecule is CC(C)(CCCO)C(N)=O.CC(C)(CCO)CC(N)=O. The van der Waals surface area contributed by atoms with Crippen LogP contribution in [0.25, 0.3) is 0 Å². The second kappa shape index (κ2) is 9.72. The predicted octanol–water partition coefficient (Wildman–Crippen LogP) is 0.541. The van der Waals surface area contributed by atoms with Crippen LogP contribution in [0.4, 0.5) is 0 Å². The number of carbonyl (C=O) groups excluding carboxylic acids is 2. The summed E-state index contributed by atoms with van der Waals surface area (Å²) in [5, 5.41) is 17.0. The number of amides is 2. The molecule has 6 N–H and O–H groups in total. The first-order chi connectivity index (χ1) is 8.98. The van der Waals surface area contributed by atoms with Crippen molar-refractivity contribution in [2.24, 2.45) is 22.3 Å². The summed E-state index contributed by atoms with van der Waals surface area (Å²) >= 11 is 0. The Hall–Kier alpha value is -1.14. The zero-order chi connectivity index (χ0) is 16.4. The van der Waals surface area contributed by atoms with E-state index < -0.39 is 5.41 Å². The van der Waals surface area contributed by atoms with E-state index in [0.717, 1.165) is 0 Å². The molecule has 0 aliphatic heterocycles. The van der Waals surface area contributed by atoms with Crippen molar-refractivity contribution < 1.29 is 19.8 Å². The van der Waals surface area contributed by atoms with Gasteiger partial charge in [0.2, 0.25) is 11.8 Å². The molecule has 0 fully saturated rings. The summed E-state index contributed by atoms with van der Waals surface area (Å²) in [6.07, 6.45) is 2.25. The molecule has 0 rings (SSSR count). The maximum Gasteiger partial charge on any atom is 0.223 e. The molecule has 6 heteroatoms. The fourth-order valence-corrected chi connectivity index (χ4v) is 1.51. The van der Waals surface area contributed by atoms with E-state index in [1.54, 1.807) is 13.8 Å². The molecule has 2 amide bonds. The van der Waals surface area contributed by atoms with Gasteiger partial charge in [-0.05, 0) is 24.7 Å². The molecule has 0 heterocycles. The molecule has 0 saturated heterocycles. The normalized spacial score (nSPS) is 11.5. The summed E-state index contributed by atoms with van der Waals surface area (Å²) in [6.45, 7) is 7.62. The number of hydrogen-bond donors (Lipinski definition) is 4. The topological polar surface area (TPSA) is 127 Å². The van der Waals surface area contributed by atoms with Crippen LogP contribution in [0.1, 0.15) is 53.4 Å². The lowest BCUT2D eigenvalue weighted by Crippen LogP contribution is -2.31. The molecule has 0 aromatic rings. The van der Waals surface area contributed by atoms with Gasteiger partial charge in [0.25, 0.3) is 0 Å². The maximum atomic E-state index is 10.7. The predicted molar refractivity (Wildman–Crippen MR) is 78.6 cm³/mol. The highest BCUT2D eigenvalue weighted by Crippen LogP contribution is 2.23. The first-order valence-corrected chi connectivity index (χ1v) is 6.78. The highest BCUT2D eigenvalue weighted by molar-refractivity contribution is 5.79. The summed E-state index contributed by atoms with van der Waals surface area (Å²) in [4.78, 5) is 21.1. The van der Waals surface area contributed by atoms with Crippen LogP contribution in [-0.4, -0.2) is 35.2 Å². The van der Waals surface area contributed by atoms with E-state index in [1.165, 1.54) is 0 Å². The van der Waals surface area contributed by atoms with E-state index in [-0.39, 0.29) is 30.4 Å². The van der Waals surface area contributed by atoms with Crippen molar-refractivity contribution in [2.75, 3.05) is 13.2 Å². The minimum absolute atomic E-state index is 0.111. The van der Waals surface area contributed by atoms with Gasteiger partial charge in [-0.15, -0.1) is 0 Å². The van der Waals surface area contributed by atoms with E-state index in [1.807, 2.05) is 13.8 Å². The van der Waals surface area contributed by atoms with Crippen molar-refractivity contribution in [2.45, 2.75) is 53.4 Å². The van der Waals surface area contributed by atoms with Crippen LogP contribution < -0.4 is 11.5 Å². The van der Waals surface area contributed by atoms with Crippen LogP contribution in [0.5, 0.6) is 0 Å². The number of nitrogens with two attached hydrogens (primary N) is 2. The van der Waals surface area contributed by atoms with Crippen LogP contribution >= 0.6 is 0 Å². The highest BCUT2D eigenvalue weighted by Gasteiger charge is 2.23. The standard InChI is InChI=1S/2C7H15NO2/c1-7(2,3-4-9)5-6(8)10;1-7(2,6(8)10)4-3-5-9/h2*9H,3-5H2,1-2H3,(H2,8,10). The third kappa shape index (κ3) is 11.9. The van der Waals surface area contributed by atoms with Crippen molar-refractivity contribution in [1.29, 1.82) is 0 Å². The summed E-state index contributed by atoms with van der Waals surface area (Å²) in [5.74, 6) is -0.612. The average molecular weight is 290 g/mol. The molecule has 0 atom stereocenters. The Morgan fingerprint density at radius 2 is 1.45 bits per heavy atom. The van der Waals surface area contributed by atoms with Gasteiger partial charge in [-0.1, -0.05) is 27.7 Å². The third-order valence-corrected chi connectivity index (χ3v) is 3.07. The summed E-state index contributed by atoms with van der Waals surface area (Å²) < 4.78 is 0. The minimum atomic E-state index is -0.470. The Balaban J connectivity index is 0. The molecule has 0 aromatic carbocycles. The number of primary amides is 2. The molecule has 120 valence electrons. The Kier molecular flexibility index (Phi) is 10.3. The van der Waals surface area contributed by atoms with E-state index in [2.05, 4.69) is 0 Å². The van der Waals surface area contributed by atoms with Gasteiger partial charge in [-0.25, -0.2) is 0 Å². The summed E-state index contributed by atoms with van der Waals surface area (Å²) in [6, 6.07) is 0. The minimum Gasteiger partial charge on any atom is -0.396 e. The van der Waals surface area contributed by atoms with Gasteiger partial charge >= 0.3 is 0 Å². The lowest BCUT2D eigenvalue weighted by Gasteiger charge is -2.20. The molecule has 0 unspecified atom stereocenters. The van der Waals surface area contributed by atoms with E-state index in [9.17, 15) is 9.59 Å². The zero-order valence-corrected chi connectivity index (χ0v) is 13.1. The molecule has 0 aromatic heterocycles. The van der Waals surface area contributed by atoms with Gasteiger partial charge in [0.05, 0.1) is 0 Å². The molecule has 0 aliphatic carbocycles. The van der Waals surface area contributed by atoms with Crippen LogP contribution in [0.15, 0.2) is 0 Å². The molecule has 0 radical (unpaired) electrons. The summed E-state index contributed by atoms with van der Waals surface area (Å²) in [5.41, 5.74) is 9.46. The van der Waals surface area contributed by atoms with Crippen LogP contribution in [0, 0.1) is 10.8 Å². The average Bonchev–Trinajstić information content (AvgIpc) is 2.25. The van der Waals surface area contributed by atoms with Gasteiger partial charge in [0.1, 0.15) is 0 Å². The first kappa shape index (κ1) is 21.2. The molecule has 0 aliphatic rings. The molecule has 0 bridgehead atoms. The fourth-order valence-electron chi connectivity index (χ4n) is 1.51. The summed E-state index contributed by atoms with van der Waals surface area (Å²) in [7, 11) is 0.